The lowest BCUT2D eigenvalue weighted by molar-refractivity contribution is -0.136. The number of nitrogens with zero attached hydrogens (tertiary/aromatic N) is 2. The number of likely N-dealkylation sites (tertiary alicyclic amines) is 1. The van der Waals surface area contributed by atoms with Crippen LogP contribution in [-0.2, 0) is 22.5 Å². The summed E-state index contributed by atoms with van der Waals surface area (Å²) >= 11 is 0. The predicted molar refractivity (Wildman–Crippen MR) is 171 cm³/mol. The lowest BCUT2D eigenvalue weighted by Crippen LogP contribution is -2.47. The summed E-state index contributed by atoms with van der Waals surface area (Å²) in [6, 6.07) is 12.0. The van der Waals surface area contributed by atoms with Gasteiger partial charge in [0.2, 0.25) is 11.7 Å². The first kappa shape index (κ1) is 33.9. The molecule has 0 unspecified atom stereocenters. The number of aliphatic hydroxyl groups is 1. The third kappa shape index (κ3) is 8.79. The molecule has 4 rings (SSSR count). The van der Waals surface area contributed by atoms with Crippen LogP contribution in [0.5, 0.6) is 23.0 Å². The minimum Gasteiger partial charge on any atom is -0.497 e. The van der Waals surface area contributed by atoms with Crippen molar-refractivity contribution in [1.82, 2.24) is 9.80 Å². The van der Waals surface area contributed by atoms with E-state index in [1.165, 1.54) is 0 Å². The van der Waals surface area contributed by atoms with E-state index in [-0.39, 0.29) is 11.8 Å². The lowest BCUT2D eigenvalue weighted by Gasteiger charge is -2.39. The van der Waals surface area contributed by atoms with E-state index in [1.54, 1.807) is 28.4 Å². The molecule has 2 aromatic carbocycles. The fraction of sp³-hybridized carbons (Fsp3) is 0.629. The van der Waals surface area contributed by atoms with E-state index in [2.05, 4.69) is 4.90 Å². The van der Waals surface area contributed by atoms with Gasteiger partial charge in [0.25, 0.3) is 0 Å². The van der Waals surface area contributed by atoms with E-state index >= 15 is 0 Å². The number of hydrogen-bond acceptors (Lipinski definition) is 8. The van der Waals surface area contributed by atoms with Crippen LogP contribution in [0.2, 0.25) is 0 Å². The van der Waals surface area contributed by atoms with Crippen molar-refractivity contribution in [1.29, 1.82) is 0 Å². The summed E-state index contributed by atoms with van der Waals surface area (Å²) in [7, 11) is 6.55. The van der Waals surface area contributed by atoms with Crippen LogP contribution in [0.3, 0.4) is 0 Å². The fourth-order valence-corrected chi connectivity index (χ4v) is 6.44. The van der Waals surface area contributed by atoms with E-state index in [9.17, 15) is 9.90 Å². The van der Waals surface area contributed by atoms with Gasteiger partial charge in [-0.1, -0.05) is 26.0 Å². The zero-order valence-corrected chi connectivity index (χ0v) is 27.5. The van der Waals surface area contributed by atoms with Crippen molar-refractivity contribution < 1.29 is 33.6 Å². The quantitative estimate of drug-likeness (QED) is 0.432. The Balaban J connectivity index is 1.48. The standard InChI is InChI=1S/C35H52N2O7/c1-35(2)24-44-17-7-8-28-22-36(21-26-18-30(41-4)34(43-6)31(19-26)42-5)15-14-27(28)20-33(39)37(23-32(35)38)16-13-25-9-11-29(40-3)12-10-25/h9-12,18-19,27-28,32,38H,7-8,13-17,20-24H2,1-6H3/t27-,28-,32-/m0/s1. The Kier molecular flexibility index (Phi) is 12.2. The van der Waals surface area contributed by atoms with Gasteiger partial charge in [-0.2, -0.15) is 0 Å². The lowest BCUT2D eigenvalue weighted by atomic mass is 9.80. The molecule has 9 nitrogen and oxygen atoms in total. The van der Waals surface area contributed by atoms with Crippen LogP contribution < -0.4 is 18.9 Å². The smallest absolute Gasteiger partial charge is 0.222 e. The highest BCUT2D eigenvalue weighted by molar-refractivity contribution is 5.76. The van der Waals surface area contributed by atoms with E-state index in [1.807, 2.05) is 55.1 Å². The van der Waals surface area contributed by atoms with Gasteiger partial charge in [-0.05, 0) is 79.5 Å². The van der Waals surface area contributed by atoms with Gasteiger partial charge >= 0.3 is 0 Å². The van der Waals surface area contributed by atoms with Gasteiger partial charge in [0.1, 0.15) is 5.75 Å². The number of carbonyl (C=O) groups excluding carboxylic acids is 1. The molecule has 2 saturated heterocycles. The predicted octanol–water partition coefficient (Wildman–Crippen LogP) is 4.82. The Bertz CT molecular complexity index is 1180. The number of ether oxygens (including phenoxy) is 5. The molecule has 2 fully saturated rings. The molecule has 1 amide bonds. The molecular formula is C35H52N2O7. The number of fused-ring (bicyclic) bond motifs is 1. The number of methoxy groups -OCH3 is 4. The summed E-state index contributed by atoms with van der Waals surface area (Å²) in [5.41, 5.74) is 1.77. The second-order valence-electron chi connectivity index (χ2n) is 12.9. The molecule has 2 heterocycles. The molecule has 0 aliphatic carbocycles. The summed E-state index contributed by atoms with van der Waals surface area (Å²) in [6.07, 6.45) is 3.41. The highest BCUT2D eigenvalue weighted by Crippen LogP contribution is 2.39. The second-order valence-corrected chi connectivity index (χ2v) is 12.9. The summed E-state index contributed by atoms with van der Waals surface area (Å²) in [5, 5.41) is 11.2. The van der Waals surface area contributed by atoms with Gasteiger partial charge in [0, 0.05) is 44.6 Å². The summed E-state index contributed by atoms with van der Waals surface area (Å²) in [5.74, 6) is 3.50. The van der Waals surface area contributed by atoms with Gasteiger partial charge in [-0.15, -0.1) is 0 Å². The van der Waals surface area contributed by atoms with Crippen molar-refractivity contribution in [3.8, 4) is 23.0 Å². The normalized spacial score (nSPS) is 23.5. The van der Waals surface area contributed by atoms with Gasteiger partial charge in [-0.25, -0.2) is 0 Å². The van der Waals surface area contributed by atoms with Crippen molar-refractivity contribution in [2.75, 3.05) is 67.8 Å². The summed E-state index contributed by atoms with van der Waals surface area (Å²) in [4.78, 5) is 18.3. The van der Waals surface area contributed by atoms with Crippen molar-refractivity contribution in [3.05, 3.63) is 47.5 Å². The van der Waals surface area contributed by atoms with Crippen LogP contribution in [0.25, 0.3) is 0 Å². The van der Waals surface area contributed by atoms with Crippen LogP contribution >= 0.6 is 0 Å². The molecule has 2 aliphatic heterocycles. The van der Waals surface area contributed by atoms with Crippen molar-refractivity contribution in [3.63, 3.8) is 0 Å². The average molecular weight is 613 g/mol. The molecule has 2 aliphatic rings. The van der Waals surface area contributed by atoms with Gasteiger partial charge in [0.15, 0.2) is 11.5 Å². The molecule has 0 radical (unpaired) electrons. The number of benzene rings is 2. The molecule has 44 heavy (non-hydrogen) atoms. The Labute approximate surface area is 263 Å². The highest BCUT2D eigenvalue weighted by atomic mass is 16.5. The molecule has 1 N–H and O–H groups in total. The zero-order valence-electron chi connectivity index (χ0n) is 27.5. The van der Waals surface area contributed by atoms with Crippen LogP contribution in [0.15, 0.2) is 36.4 Å². The maximum absolute atomic E-state index is 13.9. The molecule has 9 heteroatoms. The Morgan fingerprint density at radius 1 is 0.909 bits per heavy atom. The maximum atomic E-state index is 13.9. The number of β-amino-alcohol motifs (C(OH)–C–C–N with tert-alkyl or cyclic N) is 1. The van der Waals surface area contributed by atoms with Crippen LogP contribution in [0.4, 0.5) is 0 Å². The van der Waals surface area contributed by atoms with Crippen LogP contribution in [0.1, 0.15) is 50.7 Å². The fourth-order valence-electron chi connectivity index (χ4n) is 6.44. The molecule has 0 spiro atoms. The Morgan fingerprint density at radius 2 is 1.61 bits per heavy atom. The number of hydrogen-bond donors (Lipinski definition) is 1. The van der Waals surface area contributed by atoms with E-state index in [0.29, 0.717) is 55.9 Å². The number of piperidine rings is 1. The Hall–Kier alpha value is -3.01. The second kappa shape index (κ2) is 15.8. The van der Waals surface area contributed by atoms with Gasteiger partial charge in [-0.3, -0.25) is 9.69 Å². The third-order valence-electron chi connectivity index (χ3n) is 9.36. The third-order valence-corrected chi connectivity index (χ3v) is 9.36. The number of rotatable bonds is 9. The molecular weight excluding hydrogens is 560 g/mol. The molecule has 0 bridgehead atoms. The minimum atomic E-state index is -0.681. The maximum Gasteiger partial charge on any atom is 0.222 e. The summed E-state index contributed by atoms with van der Waals surface area (Å²) in [6.45, 7) is 8.59. The van der Waals surface area contributed by atoms with E-state index in [4.69, 9.17) is 23.7 Å². The first-order valence-electron chi connectivity index (χ1n) is 15.8. The van der Waals surface area contributed by atoms with Crippen LogP contribution in [-0.4, -0.2) is 94.7 Å². The van der Waals surface area contributed by atoms with Gasteiger partial charge in [0.05, 0.1) is 41.2 Å². The molecule has 2 aromatic rings. The zero-order chi connectivity index (χ0) is 31.7. The topological polar surface area (TPSA) is 89.9 Å². The number of carbonyl (C=O) groups is 1. The summed E-state index contributed by atoms with van der Waals surface area (Å²) < 4.78 is 28.1. The molecule has 3 atom stereocenters. The van der Waals surface area contributed by atoms with Crippen molar-refractivity contribution in [2.45, 2.75) is 58.6 Å². The van der Waals surface area contributed by atoms with Crippen molar-refractivity contribution >= 4 is 5.91 Å². The molecule has 0 saturated carbocycles. The number of amides is 1. The average Bonchev–Trinajstić information content (AvgIpc) is 3.03. The molecule has 0 aromatic heterocycles. The molecule has 244 valence electrons. The number of aliphatic hydroxyl groups excluding tert-OH is 1. The van der Waals surface area contributed by atoms with E-state index in [0.717, 1.165) is 62.2 Å². The first-order chi connectivity index (χ1) is 21.2. The van der Waals surface area contributed by atoms with Crippen molar-refractivity contribution in [2.24, 2.45) is 17.3 Å². The monoisotopic (exact) mass is 612 g/mol. The highest BCUT2D eigenvalue weighted by Gasteiger charge is 2.35. The SMILES string of the molecule is COc1ccc(CCN2C[C@H](O)C(C)(C)COCCC[C@H]3CN(Cc4cc(OC)c(OC)c(OC)c4)CC[C@H]3CC2=O)cc1. The first-order valence-corrected chi connectivity index (χ1v) is 15.8. The van der Waals surface area contributed by atoms with E-state index < -0.39 is 11.5 Å². The van der Waals surface area contributed by atoms with Crippen LogP contribution in [0, 0.1) is 17.3 Å². The Morgan fingerprint density at radius 3 is 2.25 bits per heavy atom. The minimum absolute atomic E-state index is 0.126. The van der Waals surface area contributed by atoms with Gasteiger partial charge < -0.3 is 33.7 Å². The largest absolute Gasteiger partial charge is 0.497 e.